The number of halogens is 3. The van der Waals surface area contributed by atoms with E-state index < -0.39 is 23.8 Å². The van der Waals surface area contributed by atoms with Crippen LogP contribution >= 0.6 is 0 Å². The van der Waals surface area contributed by atoms with Crippen LogP contribution in [0.4, 0.5) is 34.1 Å². The van der Waals surface area contributed by atoms with Crippen LogP contribution in [0.15, 0.2) is 73.1 Å². The van der Waals surface area contributed by atoms with Gasteiger partial charge in [-0.3, -0.25) is 9.78 Å². The Hall–Kier alpha value is -4.81. The molecule has 2 N–H and O–H groups in total. The zero-order valence-electron chi connectivity index (χ0n) is 25.2. The predicted octanol–water partition coefficient (Wildman–Crippen LogP) is 4.58. The maximum atomic E-state index is 13.8. The molecule has 10 nitrogen and oxygen atoms in total. The molecule has 3 aliphatic heterocycles. The number of amides is 5. The molecule has 0 aliphatic carbocycles. The highest BCUT2D eigenvalue weighted by Crippen LogP contribution is 2.30. The van der Waals surface area contributed by atoms with E-state index in [0.29, 0.717) is 64.2 Å². The monoisotopic (exact) mass is 635 g/mol. The number of rotatable bonds is 6. The summed E-state index contributed by atoms with van der Waals surface area (Å²) in [7, 11) is 0. The Bertz CT molecular complexity index is 1560. The van der Waals surface area contributed by atoms with Crippen molar-refractivity contribution in [1.82, 2.24) is 25.0 Å². The Labute approximate surface area is 265 Å². The molecule has 2 fully saturated rings. The summed E-state index contributed by atoms with van der Waals surface area (Å²) in [5.41, 5.74) is 2.32. The van der Waals surface area contributed by atoms with Crippen molar-refractivity contribution < 1.29 is 27.6 Å². The summed E-state index contributed by atoms with van der Waals surface area (Å²) in [5.74, 6) is -0.335. The van der Waals surface area contributed by atoms with E-state index in [4.69, 9.17) is 0 Å². The number of urea groups is 2. The number of pyridine rings is 1. The lowest BCUT2D eigenvalue weighted by Crippen LogP contribution is -2.58. The number of benzene rings is 2. The molecule has 0 unspecified atom stereocenters. The van der Waals surface area contributed by atoms with Gasteiger partial charge in [-0.05, 0) is 48.2 Å². The van der Waals surface area contributed by atoms with Crippen LogP contribution in [0.2, 0.25) is 0 Å². The first-order chi connectivity index (χ1) is 22.2. The molecule has 1 atom stereocenters. The van der Waals surface area contributed by atoms with Crippen LogP contribution in [0, 0.1) is 0 Å². The lowest BCUT2D eigenvalue weighted by Gasteiger charge is -2.41. The number of hydrogen-bond acceptors (Lipinski definition) is 5. The molecule has 2 saturated heterocycles. The van der Waals surface area contributed by atoms with Crippen molar-refractivity contribution in [3.63, 3.8) is 0 Å². The second-order valence-corrected chi connectivity index (χ2v) is 11.9. The number of nitrogens with zero attached hydrogens (tertiary/aromatic N) is 5. The third-order valence-electron chi connectivity index (χ3n) is 8.96. The van der Waals surface area contributed by atoms with Crippen LogP contribution in [0.1, 0.15) is 29.5 Å². The zero-order chi connectivity index (χ0) is 32.3. The van der Waals surface area contributed by atoms with E-state index >= 15 is 0 Å². The van der Waals surface area contributed by atoms with E-state index in [-0.39, 0.29) is 24.4 Å². The molecule has 46 heavy (non-hydrogen) atoms. The van der Waals surface area contributed by atoms with Crippen LogP contribution in [0.25, 0.3) is 0 Å². The van der Waals surface area contributed by atoms with E-state index in [9.17, 15) is 27.6 Å². The van der Waals surface area contributed by atoms with E-state index in [1.807, 2.05) is 36.4 Å². The molecule has 3 aliphatic rings. The fourth-order valence-electron chi connectivity index (χ4n) is 6.41. The highest BCUT2D eigenvalue weighted by atomic mass is 19.4. The second-order valence-electron chi connectivity index (χ2n) is 11.9. The normalized spacial score (nSPS) is 18.1. The Morgan fingerprint density at radius 2 is 1.63 bits per heavy atom. The summed E-state index contributed by atoms with van der Waals surface area (Å²) in [6, 6.07) is 14.6. The van der Waals surface area contributed by atoms with Crippen molar-refractivity contribution in [1.29, 1.82) is 0 Å². The van der Waals surface area contributed by atoms with Crippen LogP contribution in [-0.4, -0.2) is 89.0 Å². The van der Waals surface area contributed by atoms with Crippen molar-refractivity contribution in [3.8, 4) is 0 Å². The number of carbonyl (C=O) groups excluding carboxylic acids is 3. The topological polar surface area (TPSA) is 101 Å². The van der Waals surface area contributed by atoms with Gasteiger partial charge in [0.1, 0.15) is 6.04 Å². The average molecular weight is 636 g/mol. The average Bonchev–Trinajstić information content (AvgIpc) is 3.07. The van der Waals surface area contributed by atoms with Gasteiger partial charge in [-0.2, -0.15) is 13.2 Å². The fourth-order valence-corrected chi connectivity index (χ4v) is 6.41. The number of fused-ring (bicyclic) bond motifs is 1. The predicted molar refractivity (Wildman–Crippen MR) is 166 cm³/mol. The van der Waals surface area contributed by atoms with Gasteiger partial charge in [0.05, 0.1) is 5.56 Å². The minimum Gasteiger partial charge on any atom is -0.368 e. The minimum absolute atomic E-state index is 0.0587. The van der Waals surface area contributed by atoms with Gasteiger partial charge in [0.15, 0.2) is 0 Å². The van der Waals surface area contributed by atoms with Crippen LogP contribution in [-0.2, 0) is 23.9 Å². The number of piperazine rings is 1. The first-order valence-corrected chi connectivity index (χ1v) is 15.5. The summed E-state index contributed by atoms with van der Waals surface area (Å²) in [4.78, 5) is 51.4. The van der Waals surface area contributed by atoms with Crippen LogP contribution in [0.3, 0.4) is 0 Å². The van der Waals surface area contributed by atoms with Crippen LogP contribution < -0.4 is 15.5 Å². The van der Waals surface area contributed by atoms with E-state index in [0.717, 1.165) is 29.1 Å². The SMILES string of the molecule is O=C(N[C@H](Cc1cccc(C(F)(F)F)c1)C(=O)N1CCN(c2ccncc2)CC1)N1CCC(N2Cc3ccccc3NC2=O)CC1. The van der Waals surface area contributed by atoms with Gasteiger partial charge in [-0.25, -0.2) is 9.59 Å². The minimum atomic E-state index is -4.53. The van der Waals surface area contributed by atoms with E-state index in [2.05, 4.69) is 20.5 Å². The highest BCUT2D eigenvalue weighted by Gasteiger charge is 2.35. The summed E-state index contributed by atoms with van der Waals surface area (Å²) < 4.78 is 40.4. The van der Waals surface area contributed by atoms with Crippen molar-refractivity contribution in [2.24, 2.45) is 0 Å². The number of anilines is 2. The molecular weight excluding hydrogens is 599 g/mol. The van der Waals surface area contributed by atoms with E-state index in [1.54, 1.807) is 27.1 Å². The molecule has 1 aromatic heterocycles. The van der Waals surface area contributed by atoms with Crippen molar-refractivity contribution in [2.75, 3.05) is 49.5 Å². The molecule has 4 heterocycles. The largest absolute Gasteiger partial charge is 0.416 e. The van der Waals surface area contributed by atoms with Crippen molar-refractivity contribution in [3.05, 3.63) is 89.7 Å². The molecule has 0 saturated carbocycles. The molecule has 13 heteroatoms. The molecule has 0 bridgehead atoms. The lowest BCUT2D eigenvalue weighted by atomic mass is 10.0. The fraction of sp³-hybridized carbons (Fsp3) is 0.394. The molecule has 6 rings (SSSR count). The van der Waals surface area contributed by atoms with E-state index in [1.165, 1.54) is 12.1 Å². The highest BCUT2D eigenvalue weighted by molar-refractivity contribution is 5.92. The number of piperidine rings is 1. The molecule has 5 amide bonds. The summed E-state index contributed by atoms with van der Waals surface area (Å²) in [6.45, 7) is 3.18. The molecule has 0 spiro atoms. The maximum Gasteiger partial charge on any atom is 0.416 e. The quantitative estimate of drug-likeness (QED) is 0.413. The van der Waals surface area contributed by atoms with Gasteiger partial charge in [-0.15, -0.1) is 0 Å². The van der Waals surface area contributed by atoms with Crippen molar-refractivity contribution in [2.45, 2.75) is 44.1 Å². The summed E-state index contributed by atoms with van der Waals surface area (Å²) in [5, 5.41) is 5.78. The Kier molecular flexibility index (Phi) is 9.00. The summed E-state index contributed by atoms with van der Waals surface area (Å²) in [6.07, 6.45) is -0.0752. The number of carbonyl (C=O) groups is 3. The standard InChI is InChI=1S/C33H36F3N7O3/c34-33(35,36)25-6-3-4-23(20-25)21-29(30(44)41-18-16-40(17-19-41)26-8-12-37-13-9-26)39-31(45)42-14-10-27(11-15-42)43-22-24-5-1-2-7-28(24)38-32(43)46/h1-9,12-13,20,27,29H,10-11,14-19,21-22H2,(H,38,46)(H,39,45)/t29-/m1/s1. The first-order valence-electron chi connectivity index (χ1n) is 15.5. The number of likely N-dealkylation sites (tertiary alicyclic amines) is 1. The number of aromatic nitrogens is 1. The van der Waals surface area contributed by atoms with Crippen LogP contribution in [0.5, 0.6) is 0 Å². The summed E-state index contributed by atoms with van der Waals surface area (Å²) >= 11 is 0. The smallest absolute Gasteiger partial charge is 0.368 e. The molecule has 242 valence electrons. The number of para-hydroxylation sites is 1. The third-order valence-corrected chi connectivity index (χ3v) is 8.96. The van der Waals surface area contributed by atoms with Crippen molar-refractivity contribution >= 4 is 29.3 Å². The van der Waals surface area contributed by atoms with Gasteiger partial charge < -0.3 is 30.2 Å². The van der Waals surface area contributed by atoms with Gasteiger partial charge in [0.2, 0.25) is 5.91 Å². The Balaban J connectivity index is 1.11. The zero-order valence-corrected chi connectivity index (χ0v) is 25.2. The van der Waals surface area contributed by atoms with Gasteiger partial charge in [-0.1, -0.05) is 36.4 Å². The maximum absolute atomic E-state index is 13.8. The number of alkyl halides is 3. The number of nitrogens with one attached hydrogen (secondary N) is 2. The van der Waals surface area contributed by atoms with Gasteiger partial charge in [0, 0.05) is 82.0 Å². The lowest BCUT2D eigenvalue weighted by molar-refractivity contribution is -0.137. The van der Waals surface area contributed by atoms with Gasteiger partial charge >= 0.3 is 18.2 Å². The number of hydrogen-bond donors (Lipinski definition) is 2. The van der Waals surface area contributed by atoms with Gasteiger partial charge in [0.25, 0.3) is 0 Å². The molecule has 2 aromatic carbocycles. The molecular formula is C33H36F3N7O3. The third kappa shape index (κ3) is 7.03. The Morgan fingerprint density at radius 3 is 2.35 bits per heavy atom. The molecule has 3 aromatic rings. The molecule has 0 radical (unpaired) electrons. The second kappa shape index (κ2) is 13.3. The first kappa shape index (κ1) is 31.2. The Morgan fingerprint density at radius 1 is 0.913 bits per heavy atom.